The number of nitrogens with one attached hydrogen (secondary N) is 1. The van der Waals surface area contributed by atoms with Crippen molar-refractivity contribution in [2.75, 3.05) is 5.32 Å². The van der Waals surface area contributed by atoms with Gasteiger partial charge in [-0.2, -0.15) is 5.10 Å². The first-order chi connectivity index (χ1) is 13.8. The molecule has 0 saturated carbocycles. The number of non-ortho nitro benzene ring substituents is 1. The molecule has 3 aromatic rings. The van der Waals surface area contributed by atoms with Gasteiger partial charge in [-0.1, -0.05) is 28.1 Å². The lowest BCUT2D eigenvalue weighted by Crippen LogP contribution is -2.18. The summed E-state index contributed by atoms with van der Waals surface area (Å²) in [6.07, 6.45) is 1.50. The fourth-order valence-electron chi connectivity index (χ4n) is 2.73. The lowest BCUT2D eigenvalue weighted by atomic mass is 10.0. The van der Waals surface area contributed by atoms with Crippen molar-refractivity contribution < 1.29 is 14.6 Å². The molecule has 148 valence electrons. The molecule has 11 heteroatoms. The summed E-state index contributed by atoms with van der Waals surface area (Å²) in [5.41, 5.74) is -0.197. The smallest absolute Gasteiger partial charge is 0.279 e. The molecular formula is C18H14BrN5O5. The first kappa shape index (κ1) is 20.1. The van der Waals surface area contributed by atoms with Gasteiger partial charge in [-0.05, 0) is 24.6 Å². The molecule has 29 heavy (non-hydrogen) atoms. The number of hydrogen-bond donors (Lipinski definition) is 1. The van der Waals surface area contributed by atoms with E-state index in [2.05, 4.69) is 26.3 Å². The minimum absolute atomic E-state index is 0.0390. The van der Waals surface area contributed by atoms with Crippen molar-refractivity contribution in [2.24, 2.45) is 0 Å². The standard InChI is InChI=1S/C18H14BrN5O5/c1-11-15(8-14(23(26)27)9-16(11)24(28)29)18(25)21-17-6-7-20-22(17)10-12-2-4-13(19)5-3-12/h2-9H,10H2,1H3,(H,21,25). The molecule has 10 nitrogen and oxygen atoms in total. The van der Waals surface area contributed by atoms with E-state index >= 15 is 0 Å². The highest BCUT2D eigenvalue weighted by molar-refractivity contribution is 9.10. The Bertz CT molecular complexity index is 1110. The monoisotopic (exact) mass is 459 g/mol. The van der Waals surface area contributed by atoms with Gasteiger partial charge in [-0.3, -0.25) is 25.0 Å². The van der Waals surface area contributed by atoms with E-state index in [1.54, 1.807) is 10.7 Å². The van der Waals surface area contributed by atoms with E-state index in [9.17, 15) is 25.0 Å². The number of aromatic nitrogens is 2. The molecule has 0 fully saturated rings. The zero-order valence-electron chi connectivity index (χ0n) is 15.0. The van der Waals surface area contributed by atoms with Crippen LogP contribution < -0.4 is 5.32 Å². The van der Waals surface area contributed by atoms with Crippen molar-refractivity contribution >= 4 is 39.0 Å². The topological polar surface area (TPSA) is 133 Å². The lowest BCUT2D eigenvalue weighted by molar-refractivity contribution is -0.394. The Morgan fingerprint density at radius 3 is 2.45 bits per heavy atom. The Labute approximate surface area is 172 Å². The number of nitro groups is 2. The fourth-order valence-corrected chi connectivity index (χ4v) is 2.99. The molecule has 0 radical (unpaired) electrons. The van der Waals surface area contributed by atoms with Crippen molar-refractivity contribution in [1.82, 2.24) is 9.78 Å². The average molecular weight is 460 g/mol. The molecule has 2 aromatic carbocycles. The minimum Gasteiger partial charge on any atom is -0.307 e. The highest BCUT2D eigenvalue weighted by Gasteiger charge is 2.25. The quantitative estimate of drug-likeness (QED) is 0.436. The number of nitrogens with zero attached hydrogens (tertiary/aromatic N) is 4. The largest absolute Gasteiger partial charge is 0.307 e. The number of amides is 1. The van der Waals surface area contributed by atoms with Gasteiger partial charge >= 0.3 is 0 Å². The number of nitro benzene ring substituents is 2. The van der Waals surface area contributed by atoms with Gasteiger partial charge in [0, 0.05) is 22.2 Å². The van der Waals surface area contributed by atoms with Crippen molar-refractivity contribution in [1.29, 1.82) is 0 Å². The summed E-state index contributed by atoms with van der Waals surface area (Å²) in [4.78, 5) is 33.5. The van der Waals surface area contributed by atoms with Gasteiger partial charge in [0.2, 0.25) is 0 Å². The van der Waals surface area contributed by atoms with E-state index in [0.717, 1.165) is 22.2 Å². The van der Waals surface area contributed by atoms with Crippen molar-refractivity contribution in [3.8, 4) is 0 Å². The maximum atomic E-state index is 12.7. The van der Waals surface area contributed by atoms with Crippen LogP contribution in [0.3, 0.4) is 0 Å². The molecular weight excluding hydrogens is 446 g/mol. The van der Waals surface area contributed by atoms with Gasteiger partial charge in [0.25, 0.3) is 17.3 Å². The number of benzene rings is 2. The predicted molar refractivity (Wildman–Crippen MR) is 108 cm³/mol. The maximum absolute atomic E-state index is 12.7. The fraction of sp³-hybridized carbons (Fsp3) is 0.111. The van der Waals surface area contributed by atoms with Crippen LogP contribution >= 0.6 is 15.9 Å². The summed E-state index contributed by atoms with van der Waals surface area (Å²) < 4.78 is 2.47. The molecule has 0 atom stereocenters. The van der Waals surface area contributed by atoms with Crippen molar-refractivity contribution in [3.05, 3.63) is 90.1 Å². The third-order valence-electron chi connectivity index (χ3n) is 4.22. The van der Waals surface area contributed by atoms with Gasteiger partial charge in [-0.15, -0.1) is 0 Å². The SMILES string of the molecule is Cc1c(C(=O)Nc2ccnn2Cc2ccc(Br)cc2)cc([N+](=O)[O-])cc1[N+](=O)[O-]. The zero-order valence-corrected chi connectivity index (χ0v) is 16.6. The van der Waals surface area contributed by atoms with Crippen molar-refractivity contribution in [2.45, 2.75) is 13.5 Å². The summed E-state index contributed by atoms with van der Waals surface area (Å²) in [7, 11) is 0. The molecule has 3 rings (SSSR count). The van der Waals surface area contributed by atoms with E-state index in [1.165, 1.54) is 13.1 Å². The predicted octanol–water partition coefficient (Wildman–Crippen LogP) is 4.07. The molecule has 0 aliphatic carbocycles. The molecule has 1 N–H and O–H groups in total. The van der Waals surface area contributed by atoms with E-state index < -0.39 is 27.1 Å². The Morgan fingerprint density at radius 1 is 1.14 bits per heavy atom. The second-order valence-corrected chi connectivity index (χ2v) is 7.02. The lowest BCUT2D eigenvalue weighted by Gasteiger charge is -2.11. The van der Waals surface area contributed by atoms with E-state index in [4.69, 9.17) is 0 Å². The zero-order chi connectivity index (χ0) is 21.1. The summed E-state index contributed by atoms with van der Waals surface area (Å²) in [6, 6.07) is 11.0. The molecule has 0 saturated heterocycles. The van der Waals surface area contributed by atoms with Gasteiger partial charge in [0.05, 0.1) is 34.2 Å². The molecule has 0 aliphatic rings. The first-order valence-corrected chi connectivity index (χ1v) is 9.06. The third kappa shape index (κ3) is 4.46. The number of hydrogen-bond acceptors (Lipinski definition) is 6. The molecule has 0 unspecified atom stereocenters. The summed E-state index contributed by atoms with van der Waals surface area (Å²) in [5.74, 6) is -0.349. The Morgan fingerprint density at radius 2 is 1.83 bits per heavy atom. The summed E-state index contributed by atoms with van der Waals surface area (Å²) in [5, 5.41) is 29.1. The Kier molecular flexibility index (Phi) is 5.69. The van der Waals surface area contributed by atoms with E-state index in [0.29, 0.717) is 12.4 Å². The van der Waals surface area contributed by atoms with Crippen LogP contribution in [0.15, 0.2) is 53.1 Å². The highest BCUT2D eigenvalue weighted by atomic mass is 79.9. The molecule has 1 amide bonds. The van der Waals surface area contributed by atoms with Crippen LogP contribution in [0.4, 0.5) is 17.2 Å². The summed E-state index contributed by atoms with van der Waals surface area (Å²) >= 11 is 3.36. The molecule has 0 spiro atoms. The average Bonchev–Trinajstić information content (AvgIpc) is 3.09. The van der Waals surface area contributed by atoms with Gasteiger partial charge < -0.3 is 5.32 Å². The molecule has 0 aliphatic heterocycles. The van der Waals surface area contributed by atoms with Crippen LogP contribution in [0.5, 0.6) is 0 Å². The molecule has 1 heterocycles. The molecule has 1 aromatic heterocycles. The normalized spacial score (nSPS) is 10.6. The number of carbonyl (C=O) groups is 1. The van der Waals surface area contributed by atoms with Gasteiger partial charge in [0.15, 0.2) is 0 Å². The number of halogens is 1. The second kappa shape index (κ2) is 8.19. The summed E-state index contributed by atoms with van der Waals surface area (Å²) in [6.45, 7) is 1.75. The van der Waals surface area contributed by atoms with Crippen LogP contribution in [0.1, 0.15) is 21.5 Å². The Balaban J connectivity index is 1.90. The van der Waals surface area contributed by atoms with Gasteiger partial charge in [-0.25, -0.2) is 4.68 Å². The van der Waals surface area contributed by atoms with E-state index in [1.807, 2.05) is 24.3 Å². The number of anilines is 1. The van der Waals surface area contributed by atoms with Gasteiger partial charge in [0.1, 0.15) is 5.82 Å². The maximum Gasteiger partial charge on any atom is 0.279 e. The minimum atomic E-state index is -0.777. The second-order valence-electron chi connectivity index (χ2n) is 6.11. The Hall–Kier alpha value is -3.60. The van der Waals surface area contributed by atoms with E-state index in [-0.39, 0.29) is 11.1 Å². The number of rotatable bonds is 6. The highest BCUT2D eigenvalue weighted by Crippen LogP contribution is 2.28. The van der Waals surface area contributed by atoms with Crippen molar-refractivity contribution in [3.63, 3.8) is 0 Å². The van der Waals surface area contributed by atoms with Crippen LogP contribution in [0.25, 0.3) is 0 Å². The molecule has 0 bridgehead atoms. The third-order valence-corrected chi connectivity index (χ3v) is 4.75. The number of carbonyl (C=O) groups excluding carboxylic acids is 1. The van der Waals surface area contributed by atoms with Crippen LogP contribution in [-0.2, 0) is 6.54 Å². The van der Waals surface area contributed by atoms with Crippen LogP contribution in [0.2, 0.25) is 0 Å². The van der Waals surface area contributed by atoms with Crippen LogP contribution in [0, 0.1) is 27.2 Å². The first-order valence-electron chi connectivity index (χ1n) is 8.27. The van der Waals surface area contributed by atoms with Crippen LogP contribution in [-0.4, -0.2) is 25.5 Å².